The minimum Gasteiger partial charge on any atom is -0.273 e. The van der Waals surface area contributed by atoms with E-state index in [0.717, 1.165) is 10.5 Å². The zero-order valence-corrected chi connectivity index (χ0v) is 18.2. The van der Waals surface area contributed by atoms with Crippen LogP contribution in [0.1, 0.15) is 17.2 Å². The van der Waals surface area contributed by atoms with Gasteiger partial charge < -0.3 is 0 Å². The second-order valence-corrected chi connectivity index (χ2v) is 8.43. The number of imide groups is 1. The van der Waals surface area contributed by atoms with Crippen molar-refractivity contribution in [2.24, 2.45) is 5.92 Å². The Kier molecular flexibility index (Phi) is 5.11. The lowest BCUT2D eigenvalue weighted by atomic mass is 9.90. The highest BCUT2D eigenvalue weighted by molar-refractivity contribution is 6.30. The van der Waals surface area contributed by atoms with Crippen molar-refractivity contribution in [3.63, 3.8) is 0 Å². The Hall–Kier alpha value is -3.75. The van der Waals surface area contributed by atoms with Crippen LogP contribution in [0.5, 0.6) is 0 Å². The van der Waals surface area contributed by atoms with Crippen LogP contribution in [0.4, 0.5) is 17.1 Å². The Morgan fingerprint density at radius 3 is 2.27 bits per heavy atom. The Labute approximate surface area is 194 Å². The van der Waals surface area contributed by atoms with Gasteiger partial charge in [-0.25, -0.2) is 9.96 Å². The summed E-state index contributed by atoms with van der Waals surface area (Å²) in [6.07, 6.45) is -1.06. The fourth-order valence-corrected chi connectivity index (χ4v) is 4.46. The predicted octanol–water partition coefficient (Wildman–Crippen LogP) is 4.61. The third kappa shape index (κ3) is 3.53. The average Bonchev–Trinajstić information content (AvgIpc) is 3.31. The van der Waals surface area contributed by atoms with Crippen LogP contribution in [0.3, 0.4) is 0 Å². The number of amides is 2. The molecule has 0 saturated carbocycles. The molecule has 0 aliphatic carbocycles. The highest BCUT2D eigenvalue weighted by atomic mass is 35.5. The fraction of sp³-hybridized carbons (Fsp3) is 0.167. The number of hydroxylamine groups is 1. The smallest absolute Gasteiger partial charge is 0.269 e. The van der Waals surface area contributed by atoms with Crippen LogP contribution in [-0.2, 0) is 14.4 Å². The maximum atomic E-state index is 13.6. The van der Waals surface area contributed by atoms with E-state index in [1.165, 1.54) is 17.2 Å². The Morgan fingerprint density at radius 2 is 1.61 bits per heavy atom. The summed E-state index contributed by atoms with van der Waals surface area (Å²) in [6, 6.07) is 19.1. The molecule has 2 amide bonds. The van der Waals surface area contributed by atoms with Gasteiger partial charge in [-0.05, 0) is 48.9 Å². The molecule has 2 heterocycles. The largest absolute Gasteiger partial charge is 0.273 e. The molecule has 0 bridgehead atoms. The number of hydrogen-bond donors (Lipinski definition) is 0. The minimum atomic E-state index is -1.06. The molecule has 8 nitrogen and oxygen atoms in total. The first kappa shape index (κ1) is 21.1. The van der Waals surface area contributed by atoms with Crippen molar-refractivity contribution >= 4 is 40.5 Å². The normalized spacial score (nSPS) is 22.1. The fourth-order valence-electron chi connectivity index (χ4n) is 4.34. The van der Waals surface area contributed by atoms with Crippen LogP contribution < -0.4 is 9.96 Å². The number of aryl methyl sites for hydroxylation is 1. The lowest BCUT2D eigenvalue weighted by molar-refractivity contribution is -0.384. The van der Waals surface area contributed by atoms with Crippen LogP contribution >= 0.6 is 11.6 Å². The van der Waals surface area contributed by atoms with Crippen molar-refractivity contribution in [3.05, 3.63) is 99.1 Å². The quantitative estimate of drug-likeness (QED) is 0.319. The first-order chi connectivity index (χ1) is 15.8. The first-order valence-corrected chi connectivity index (χ1v) is 10.6. The number of nitrogens with zero attached hydrogens (tertiary/aromatic N) is 3. The molecule has 3 aromatic carbocycles. The van der Waals surface area contributed by atoms with E-state index >= 15 is 0 Å². The van der Waals surface area contributed by atoms with Gasteiger partial charge in [-0.1, -0.05) is 41.4 Å². The van der Waals surface area contributed by atoms with Crippen LogP contribution in [0.15, 0.2) is 72.8 Å². The number of carbonyl (C=O) groups excluding carboxylic acids is 2. The molecule has 3 atom stereocenters. The van der Waals surface area contributed by atoms with Gasteiger partial charge in [-0.15, -0.1) is 0 Å². The lowest BCUT2D eigenvalue weighted by Gasteiger charge is -2.28. The minimum absolute atomic E-state index is 0.112. The number of hydrogen-bond acceptors (Lipinski definition) is 6. The number of anilines is 2. The van der Waals surface area contributed by atoms with E-state index in [-0.39, 0.29) is 5.69 Å². The van der Waals surface area contributed by atoms with Crippen LogP contribution in [0.2, 0.25) is 5.02 Å². The molecule has 0 spiro atoms. The van der Waals surface area contributed by atoms with Gasteiger partial charge in [0.1, 0.15) is 5.92 Å². The Bertz CT molecular complexity index is 1260. The molecule has 0 N–H and O–H groups in total. The summed E-state index contributed by atoms with van der Waals surface area (Å²) in [5, 5.41) is 13.4. The van der Waals surface area contributed by atoms with Gasteiger partial charge in [0.2, 0.25) is 5.91 Å². The summed E-state index contributed by atoms with van der Waals surface area (Å²) in [5.41, 5.74) is 2.42. The average molecular weight is 464 g/mol. The topological polar surface area (TPSA) is 93.0 Å². The van der Waals surface area contributed by atoms with Gasteiger partial charge in [0.25, 0.3) is 11.6 Å². The summed E-state index contributed by atoms with van der Waals surface area (Å²) in [4.78, 5) is 44.9. The van der Waals surface area contributed by atoms with E-state index in [0.29, 0.717) is 22.0 Å². The van der Waals surface area contributed by atoms with Crippen LogP contribution in [-0.4, -0.2) is 22.8 Å². The van der Waals surface area contributed by atoms with Crippen molar-refractivity contribution in [1.82, 2.24) is 0 Å². The molecule has 0 radical (unpaired) electrons. The second kappa shape index (κ2) is 7.99. The molecule has 3 aromatic rings. The number of rotatable bonds is 4. The van der Waals surface area contributed by atoms with Gasteiger partial charge in [-0.3, -0.25) is 24.5 Å². The standard InChI is InChI=1S/C24H18ClN3O5/c1-14-5-9-17(10-6-14)26-23(29)20-21(15-3-2-4-19(13-15)28(31)32)27(33-22(20)24(26)30)18-11-7-16(25)8-12-18/h2-13,20-22H,1H3. The number of nitro groups is 1. The van der Waals surface area contributed by atoms with E-state index < -0.39 is 34.8 Å². The van der Waals surface area contributed by atoms with Crippen LogP contribution in [0.25, 0.3) is 0 Å². The van der Waals surface area contributed by atoms with Gasteiger partial charge in [0.05, 0.1) is 22.3 Å². The highest BCUT2D eigenvalue weighted by Gasteiger charge is 2.60. The van der Waals surface area contributed by atoms with Gasteiger partial charge >= 0.3 is 0 Å². The molecule has 0 aromatic heterocycles. The molecule has 2 saturated heterocycles. The number of benzene rings is 3. The summed E-state index contributed by atoms with van der Waals surface area (Å²) in [6.45, 7) is 1.91. The third-order valence-electron chi connectivity index (χ3n) is 5.91. The molecule has 166 valence electrons. The van der Waals surface area contributed by atoms with Crippen molar-refractivity contribution in [1.29, 1.82) is 0 Å². The van der Waals surface area contributed by atoms with Crippen molar-refractivity contribution in [2.75, 3.05) is 9.96 Å². The SMILES string of the molecule is Cc1ccc(N2C(=O)C3ON(c4ccc(Cl)cc4)C(c4cccc([N+](=O)[O-])c4)C3C2=O)cc1. The van der Waals surface area contributed by atoms with E-state index in [1.807, 2.05) is 19.1 Å². The Morgan fingerprint density at radius 1 is 0.939 bits per heavy atom. The Balaban J connectivity index is 1.60. The van der Waals surface area contributed by atoms with E-state index in [1.54, 1.807) is 48.5 Å². The monoisotopic (exact) mass is 463 g/mol. The molecule has 2 aliphatic heterocycles. The number of nitro benzene ring substituents is 1. The summed E-state index contributed by atoms with van der Waals surface area (Å²) in [5.74, 6) is -1.76. The number of carbonyl (C=O) groups is 2. The van der Waals surface area contributed by atoms with E-state index in [9.17, 15) is 19.7 Å². The molecular weight excluding hydrogens is 446 g/mol. The van der Waals surface area contributed by atoms with Crippen molar-refractivity contribution < 1.29 is 19.3 Å². The van der Waals surface area contributed by atoms with Gasteiger partial charge in [0.15, 0.2) is 6.10 Å². The molecule has 2 aliphatic rings. The van der Waals surface area contributed by atoms with Crippen LogP contribution in [0, 0.1) is 23.0 Å². The lowest BCUT2D eigenvalue weighted by Crippen LogP contribution is -2.37. The predicted molar refractivity (Wildman–Crippen MR) is 122 cm³/mol. The maximum Gasteiger partial charge on any atom is 0.269 e. The highest BCUT2D eigenvalue weighted by Crippen LogP contribution is 2.48. The maximum absolute atomic E-state index is 13.6. The molecule has 9 heteroatoms. The summed E-state index contributed by atoms with van der Waals surface area (Å²) in [7, 11) is 0. The van der Waals surface area contributed by atoms with Gasteiger partial charge in [0, 0.05) is 17.2 Å². The van der Waals surface area contributed by atoms with E-state index in [2.05, 4.69) is 0 Å². The molecule has 3 unspecified atom stereocenters. The molecule has 33 heavy (non-hydrogen) atoms. The number of fused-ring (bicyclic) bond motifs is 1. The van der Waals surface area contributed by atoms with Crippen molar-refractivity contribution in [3.8, 4) is 0 Å². The van der Waals surface area contributed by atoms with Crippen molar-refractivity contribution in [2.45, 2.75) is 19.1 Å². The molecular formula is C24H18ClN3O5. The zero-order valence-electron chi connectivity index (χ0n) is 17.4. The zero-order chi connectivity index (χ0) is 23.3. The molecule has 2 fully saturated rings. The third-order valence-corrected chi connectivity index (χ3v) is 6.16. The van der Waals surface area contributed by atoms with Gasteiger partial charge in [-0.2, -0.15) is 0 Å². The summed E-state index contributed by atoms with van der Waals surface area (Å²) < 4.78 is 0. The molecule has 5 rings (SSSR count). The second-order valence-electron chi connectivity index (χ2n) is 8.00. The number of non-ortho nitro benzene ring substituents is 1. The summed E-state index contributed by atoms with van der Waals surface area (Å²) >= 11 is 6.02. The first-order valence-electron chi connectivity index (χ1n) is 10.3. The van der Waals surface area contributed by atoms with E-state index in [4.69, 9.17) is 16.4 Å². The number of halogens is 1.